The molecule has 1 aromatic rings. The van der Waals surface area contributed by atoms with Crippen LogP contribution < -0.4 is 9.47 Å². The van der Waals surface area contributed by atoms with E-state index in [9.17, 15) is 0 Å². The Morgan fingerprint density at radius 1 is 1.27 bits per heavy atom. The highest BCUT2D eigenvalue weighted by molar-refractivity contribution is 5.64. The van der Waals surface area contributed by atoms with E-state index in [1.54, 1.807) is 0 Å². The predicted octanol–water partition coefficient (Wildman–Crippen LogP) is 5.76. The lowest BCUT2D eigenvalue weighted by molar-refractivity contribution is 0.279. The number of hydrogen-bond donors (Lipinski definition) is 0. The van der Waals surface area contributed by atoms with Crippen LogP contribution in [0.3, 0.4) is 0 Å². The van der Waals surface area contributed by atoms with Crippen molar-refractivity contribution in [2.75, 3.05) is 6.61 Å². The first-order chi connectivity index (χ1) is 10.5. The first-order valence-corrected chi connectivity index (χ1v) is 7.99. The minimum absolute atomic E-state index is 0.673. The molecule has 1 aromatic carbocycles. The van der Waals surface area contributed by atoms with Crippen LogP contribution in [0.1, 0.15) is 45.6 Å². The normalized spacial score (nSPS) is 14.0. The molecule has 1 aliphatic heterocycles. The minimum Gasteiger partial charge on any atom is -0.494 e. The zero-order valence-electron chi connectivity index (χ0n) is 13.9. The average Bonchev–Trinajstić information content (AvgIpc) is 2.47. The van der Waals surface area contributed by atoms with Crippen molar-refractivity contribution < 1.29 is 9.47 Å². The van der Waals surface area contributed by atoms with E-state index in [0.717, 1.165) is 36.5 Å². The van der Waals surface area contributed by atoms with Gasteiger partial charge in [0, 0.05) is 5.56 Å². The summed E-state index contributed by atoms with van der Waals surface area (Å²) >= 11 is 0. The van der Waals surface area contributed by atoms with Gasteiger partial charge in [-0.15, -0.1) is 0 Å². The molecule has 0 aromatic heterocycles. The van der Waals surface area contributed by atoms with Crippen LogP contribution in [0.5, 0.6) is 11.5 Å². The van der Waals surface area contributed by atoms with Gasteiger partial charge in [0.15, 0.2) is 0 Å². The van der Waals surface area contributed by atoms with Crippen LogP contribution in [0.4, 0.5) is 0 Å². The zero-order chi connectivity index (χ0) is 15.9. The summed E-state index contributed by atoms with van der Waals surface area (Å²) in [6, 6.07) is 5.92. The zero-order valence-corrected chi connectivity index (χ0v) is 13.9. The highest BCUT2D eigenvalue weighted by Gasteiger charge is 2.09. The molecule has 0 unspecified atom stereocenters. The molecular weight excluding hydrogens is 272 g/mol. The van der Waals surface area contributed by atoms with Crippen molar-refractivity contribution in [2.45, 2.75) is 40.0 Å². The Balaban J connectivity index is 1.77. The van der Waals surface area contributed by atoms with Crippen LogP contribution in [-0.2, 0) is 0 Å². The molecule has 22 heavy (non-hydrogen) atoms. The first kappa shape index (κ1) is 16.4. The third kappa shape index (κ3) is 5.10. The van der Waals surface area contributed by atoms with Crippen molar-refractivity contribution in [2.24, 2.45) is 5.92 Å². The monoisotopic (exact) mass is 298 g/mol. The summed E-state index contributed by atoms with van der Waals surface area (Å²) < 4.78 is 11.4. The van der Waals surface area contributed by atoms with Gasteiger partial charge in [-0.25, -0.2) is 0 Å². The third-order valence-electron chi connectivity index (χ3n) is 3.76. The molecule has 1 atom stereocenters. The van der Waals surface area contributed by atoms with Gasteiger partial charge in [-0.3, -0.25) is 0 Å². The molecule has 1 aliphatic rings. The Labute approximate surface area is 134 Å². The lowest BCUT2D eigenvalue weighted by atomic mass is 10.0. The van der Waals surface area contributed by atoms with Gasteiger partial charge in [0.1, 0.15) is 17.3 Å². The summed E-state index contributed by atoms with van der Waals surface area (Å²) in [5, 5.41) is 0. The summed E-state index contributed by atoms with van der Waals surface area (Å²) in [4.78, 5) is 0. The summed E-state index contributed by atoms with van der Waals surface area (Å²) in [5.74, 6) is 3.09. The molecule has 2 heteroatoms. The summed E-state index contributed by atoms with van der Waals surface area (Å²) in [6.45, 7) is 11.1. The van der Waals surface area contributed by atoms with E-state index in [2.05, 4.69) is 33.4 Å². The van der Waals surface area contributed by atoms with Crippen molar-refractivity contribution in [3.8, 4) is 11.5 Å². The molecule has 1 heterocycles. The van der Waals surface area contributed by atoms with Gasteiger partial charge in [-0.1, -0.05) is 25.2 Å². The Bertz CT molecular complexity index is 577. The Morgan fingerprint density at radius 3 is 2.86 bits per heavy atom. The molecule has 2 rings (SSSR count). The number of ether oxygens (including phenoxy) is 2. The van der Waals surface area contributed by atoms with Crippen molar-refractivity contribution in [1.82, 2.24) is 0 Å². The molecule has 0 fully saturated rings. The van der Waals surface area contributed by atoms with Gasteiger partial charge in [-0.2, -0.15) is 0 Å². The van der Waals surface area contributed by atoms with Crippen LogP contribution in [0.15, 0.2) is 48.3 Å². The van der Waals surface area contributed by atoms with E-state index in [0.29, 0.717) is 11.7 Å². The lowest BCUT2D eigenvalue weighted by Gasteiger charge is -2.16. The van der Waals surface area contributed by atoms with Crippen LogP contribution in [0.2, 0.25) is 0 Å². The van der Waals surface area contributed by atoms with E-state index in [4.69, 9.17) is 9.47 Å². The van der Waals surface area contributed by atoms with E-state index in [1.165, 1.54) is 12.0 Å². The lowest BCUT2D eigenvalue weighted by Crippen LogP contribution is -2.05. The molecule has 0 aliphatic carbocycles. The maximum absolute atomic E-state index is 5.87. The van der Waals surface area contributed by atoms with E-state index in [-0.39, 0.29) is 0 Å². The Kier molecular flexibility index (Phi) is 5.88. The maximum Gasteiger partial charge on any atom is 0.134 e. The Hall–Kier alpha value is -1.96. The number of benzene rings is 1. The quantitative estimate of drug-likeness (QED) is 0.596. The number of fused-ring (bicyclic) bond motifs is 1. The van der Waals surface area contributed by atoms with Gasteiger partial charge in [0.25, 0.3) is 0 Å². The summed E-state index contributed by atoms with van der Waals surface area (Å²) in [7, 11) is 0. The van der Waals surface area contributed by atoms with Crippen LogP contribution in [-0.4, -0.2) is 6.61 Å². The van der Waals surface area contributed by atoms with Gasteiger partial charge < -0.3 is 9.47 Å². The van der Waals surface area contributed by atoms with Crippen molar-refractivity contribution in [1.29, 1.82) is 0 Å². The maximum atomic E-state index is 5.87. The fourth-order valence-corrected chi connectivity index (χ4v) is 2.38. The third-order valence-corrected chi connectivity index (χ3v) is 3.76. The topological polar surface area (TPSA) is 18.5 Å². The molecular formula is C20H26O2. The highest BCUT2D eigenvalue weighted by atomic mass is 16.5. The van der Waals surface area contributed by atoms with Gasteiger partial charge in [0.05, 0.1) is 6.61 Å². The molecule has 0 N–H and O–H groups in total. The fourth-order valence-electron chi connectivity index (χ4n) is 2.38. The van der Waals surface area contributed by atoms with Crippen LogP contribution in [0, 0.1) is 5.92 Å². The Morgan fingerprint density at radius 2 is 2.09 bits per heavy atom. The van der Waals surface area contributed by atoms with Crippen molar-refractivity contribution >= 4 is 6.08 Å². The van der Waals surface area contributed by atoms with Gasteiger partial charge in [-0.05, 0) is 69.4 Å². The molecule has 0 saturated carbocycles. The predicted molar refractivity (Wildman–Crippen MR) is 93.2 cm³/mol. The van der Waals surface area contributed by atoms with E-state index < -0.39 is 0 Å². The minimum atomic E-state index is 0.673. The van der Waals surface area contributed by atoms with Crippen LogP contribution in [0.25, 0.3) is 6.08 Å². The average molecular weight is 298 g/mol. The molecule has 0 bridgehead atoms. The van der Waals surface area contributed by atoms with E-state index >= 15 is 0 Å². The van der Waals surface area contributed by atoms with Crippen molar-refractivity contribution in [3.05, 3.63) is 53.8 Å². The van der Waals surface area contributed by atoms with Crippen molar-refractivity contribution in [3.63, 3.8) is 0 Å². The summed E-state index contributed by atoms with van der Waals surface area (Å²) in [5.41, 5.74) is 2.44. The largest absolute Gasteiger partial charge is 0.494 e. The second-order valence-electron chi connectivity index (χ2n) is 6.20. The van der Waals surface area contributed by atoms with Crippen LogP contribution >= 0.6 is 0 Å². The molecule has 0 amide bonds. The number of rotatable bonds is 7. The molecule has 0 spiro atoms. The fraction of sp³-hybridized carbons (Fsp3) is 0.400. The van der Waals surface area contributed by atoms with Gasteiger partial charge >= 0.3 is 0 Å². The second-order valence-corrected chi connectivity index (χ2v) is 6.20. The second kappa shape index (κ2) is 7.88. The first-order valence-electron chi connectivity index (χ1n) is 7.99. The van der Waals surface area contributed by atoms with Gasteiger partial charge in [0.2, 0.25) is 0 Å². The summed E-state index contributed by atoms with van der Waals surface area (Å²) in [6.07, 6.45) is 9.65. The SMILES string of the molecule is C=C1C=Cc2cc(OCC[C@@H](C)CCC=C(C)C)ccc2O1. The number of allylic oxidation sites excluding steroid dienone is 3. The standard InChI is InChI=1S/C20H26O2/c1-15(2)6-5-7-16(3)12-13-21-19-10-11-20-18(14-19)9-8-17(4)22-20/h6,8-11,14,16H,4-5,7,12-13H2,1-3H3/t16-/m0/s1. The molecule has 118 valence electrons. The molecule has 0 radical (unpaired) electrons. The van der Waals surface area contributed by atoms with E-state index in [1.807, 2.05) is 30.4 Å². The molecule has 0 saturated heterocycles. The number of hydrogen-bond acceptors (Lipinski definition) is 2. The smallest absolute Gasteiger partial charge is 0.134 e. The highest BCUT2D eigenvalue weighted by Crippen LogP contribution is 2.30. The molecule has 2 nitrogen and oxygen atoms in total.